The molecule has 0 saturated carbocycles. The van der Waals surface area contributed by atoms with Gasteiger partial charge in [0.2, 0.25) is 0 Å². The van der Waals surface area contributed by atoms with Crippen molar-refractivity contribution < 1.29 is 4.74 Å². The summed E-state index contributed by atoms with van der Waals surface area (Å²) in [5, 5.41) is 0. The van der Waals surface area contributed by atoms with E-state index in [1.54, 1.807) is 19.5 Å². The Morgan fingerprint density at radius 1 is 1.17 bits per heavy atom. The van der Waals surface area contributed by atoms with E-state index in [1.165, 1.54) is 11.1 Å². The zero-order valence-electron chi connectivity index (χ0n) is 11.0. The molecule has 18 heavy (non-hydrogen) atoms. The third-order valence-corrected chi connectivity index (χ3v) is 3.14. The highest BCUT2D eigenvalue weighted by molar-refractivity contribution is 5.43. The van der Waals surface area contributed by atoms with Crippen LogP contribution < -0.4 is 10.5 Å². The van der Waals surface area contributed by atoms with Crippen molar-refractivity contribution in [3.63, 3.8) is 0 Å². The van der Waals surface area contributed by atoms with Crippen LogP contribution in [0.25, 0.3) is 0 Å². The van der Waals surface area contributed by atoms with Crippen molar-refractivity contribution >= 4 is 0 Å². The Kier molecular flexibility index (Phi) is 3.63. The van der Waals surface area contributed by atoms with Gasteiger partial charge in [0.05, 0.1) is 19.3 Å². The second kappa shape index (κ2) is 5.19. The molecule has 0 aliphatic carbocycles. The van der Waals surface area contributed by atoms with Gasteiger partial charge in [0, 0.05) is 11.8 Å². The van der Waals surface area contributed by atoms with Gasteiger partial charge >= 0.3 is 0 Å². The Balaban J connectivity index is 2.47. The molecule has 1 heterocycles. The Bertz CT molecular complexity index is 552. The number of hydrogen-bond donors (Lipinski definition) is 1. The van der Waals surface area contributed by atoms with Crippen LogP contribution in [-0.2, 0) is 0 Å². The molecule has 0 aliphatic rings. The van der Waals surface area contributed by atoms with Crippen molar-refractivity contribution in [2.75, 3.05) is 7.11 Å². The molecule has 3 nitrogen and oxygen atoms in total. The van der Waals surface area contributed by atoms with Gasteiger partial charge in [-0.2, -0.15) is 0 Å². The predicted octanol–water partition coefficient (Wildman–Crippen LogP) is 2.76. The normalized spacial score (nSPS) is 12.2. The van der Waals surface area contributed by atoms with Gasteiger partial charge in [-0.25, -0.2) is 0 Å². The summed E-state index contributed by atoms with van der Waals surface area (Å²) in [6.45, 7) is 4.14. The second-order valence-corrected chi connectivity index (χ2v) is 4.46. The van der Waals surface area contributed by atoms with Crippen LogP contribution in [0.3, 0.4) is 0 Å². The van der Waals surface area contributed by atoms with E-state index in [-0.39, 0.29) is 6.04 Å². The molecule has 2 N–H and O–H groups in total. The highest BCUT2D eigenvalue weighted by Gasteiger charge is 2.15. The number of benzene rings is 1. The summed E-state index contributed by atoms with van der Waals surface area (Å²) in [7, 11) is 1.64. The Hall–Kier alpha value is -1.87. The molecule has 0 amide bonds. The number of nitrogens with zero attached hydrogens (tertiary/aromatic N) is 1. The standard InChI is InChI=1S/C15H18N2O/c1-10-4-5-11(2)13(8-10)15(16)12-6-7-17-9-14(12)18-3/h4-9,15H,16H2,1-3H3. The van der Waals surface area contributed by atoms with E-state index in [0.29, 0.717) is 0 Å². The topological polar surface area (TPSA) is 48.1 Å². The number of nitrogens with two attached hydrogens (primary N) is 1. The average molecular weight is 242 g/mol. The monoisotopic (exact) mass is 242 g/mol. The lowest BCUT2D eigenvalue weighted by Crippen LogP contribution is -2.14. The lowest BCUT2D eigenvalue weighted by molar-refractivity contribution is 0.406. The zero-order chi connectivity index (χ0) is 13.1. The largest absolute Gasteiger partial charge is 0.495 e. The van der Waals surface area contributed by atoms with Crippen molar-refractivity contribution in [3.8, 4) is 5.75 Å². The summed E-state index contributed by atoms with van der Waals surface area (Å²) < 4.78 is 5.32. The number of aromatic nitrogens is 1. The number of methoxy groups -OCH3 is 1. The Labute approximate surface area is 108 Å². The number of ether oxygens (including phenoxy) is 1. The van der Waals surface area contributed by atoms with E-state index < -0.39 is 0 Å². The minimum Gasteiger partial charge on any atom is -0.495 e. The van der Waals surface area contributed by atoms with Crippen molar-refractivity contribution in [3.05, 3.63) is 58.9 Å². The molecule has 2 rings (SSSR count). The lowest BCUT2D eigenvalue weighted by Gasteiger charge is -2.18. The molecule has 0 radical (unpaired) electrons. The summed E-state index contributed by atoms with van der Waals surface area (Å²) in [5.41, 5.74) is 10.8. The molecule has 1 aromatic carbocycles. The molecular formula is C15H18N2O. The van der Waals surface area contributed by atoms with Crippen molar-refractivity contribution in [1.82, 2.24) is 4.98 Å². The molecule has 0 spiro atoms. The van der Waals surface area contributed by atoms with E-state index in [1.807, 2.05) is 6.07 Å². The fraction of sp³-hybridized carbons (Fsp3) is 0.267. The molecule has 94 valence electrons. The predicted molar refractivity (Wildman–Crippen MR) is 72.7 cm³/mol. The first-order valence-corrected chi connectivity index (χ1v) is 5.94. The molecule has 1 aromatic heterocycles. The van der Waals surface area contributed by atoms with Crippen LogP contribution in [0.15, 0.2) is 36.7 Å². The second-order valence-electron chi connectivity index (χ2n) is 4.46. The molecule has 0 saturated heterocycles. The first kappa shape index (κ1) is 12.6. The molecule has 1 unspecified atom stereocenters. The summed E-state index contributed by atoms with van der Waals surface area (Å²) >= 11 is 0. The smallest absolute Gasteiger partial charge is 0.142 e. The van der Waals surface area contributed by atoms with E-state index >= 15 is 0 Å². The molecule has 0 aliphatic heterocycles. The molecule has 0 bridgehead atoms. The fourth-order valence-corrected chi connectivity index (χ4v) is 2.08. The molecule has 2 aromatic rings. The number of pyridine rings is 1. The van der Waals surface area contributed by atoms with E-state index in [4.69, 9.17) is 10.5 Å². The summed E-state index contributed by atoms with van der Waals surface area (Å²) in [6, 6.07) is 8.03. The van der Waals surface area contributed by atoms with Gasteiger partial charge in [-0.3, -0.25) is 4.98 Å². The summed E-state index contributed by atoms with van der Waals surface area (Å²) in [5.74, 6) is 0.728. The summed E-state index contributed by atoms with van der Waals surface area (Å²) in [6.07, 6.45) is 3.43. The third kappa shape index (κ3) is 2.36. The van der Waals surface area contributed by atoms with E-state index in [0.717, 1.165) is 16.9 Å². The highest BCUT2D eigenvalue weighted by Crippen LogP contribution is 2.29. The van der Waals surface area contributed by atoms with Crippen molar-refractivity contribution in [2.45, 2.75) is 19.9 Å². The van der Waals surface area contributed by atoms with Crippen molar-refractivity contribution in [1.29, 1.82) is 0 Å². The van der Waals surface area contributed by atoms with Gasteiger partial charge in [0.15, 0.2) is 0 Å². The van der Waals surface area contributed by atoms with Gasteiger partial charge in [-0.05, 0) is 31.0 Å². The zero-order valence-corrected chi connectivity index (χ0v) is 11.0. The first-order valence-electron chi connectivity index (χ1n) is 5.94. The molecule has 3 heteroatoms. The first-order chi connectivity index (χ1) is 8.63. The van der Waals surface area contributed by atoms with Gasteiger partial charge < -0.3 is 10.5 Å². The Morgan fingerprint density at radius 3 is 2.67 bits per heavy atom. The summed E-state index contributed by atoms with van der Waals surface area (Å²) in [4.78, 5) is 4.05. The van der Waals surface area contributed by atoms with Crippen LogP contribution in [0.4, 0.5) is 0 Å². The van der Waals surface area contributed by atoms with Crippen LogP contribution in [-0.4, -0.2) is 12.1 Å². The van der Waals surface area contributed by atoms with Crippen LogP contribution in [0.2, 0.25) is 0 Å². The maximum Gasteiger partial charge on any atom is 0.142 e. The van der Waals surface area contributed by atoms with E-state index in [2.05, 4.69) is 37.0 Å². The van der Waals surface area contributed by atoms with Crippen LogP contribution in [0.5, 0.6) is 5.75 Å². The maximum absolute atomic E-state index is 6.35. The molecule has 0 fully saturated rings. The minimum atomic E-state index is -0.192. The van der Waals surface area contributed by atoms with Crippen molar-refractivity contribution in [2.24, 2.45) is 5.73 Å². The van der Waals surface area contributed by atoms with E-state index in [9.17, 15) is 0 Å². The molecular weight excluding hydrogens is 224 g/mol. The van der Waals surface area contributed by atoms with Gasteiger partial charge in [0.25, 0.3) is 0 Å². The number of aryl methyl sites for hydroxylation is 2. The highest BCUT2D eigenvalue weighted by atomic mass is 16.5. The van der Waals surface area contributed by atoms with Gasteiger partial charge in [0.1, 0.15) is 5.75 Å². The minimum absolute atomic E-state index is 0.192. The maximum atomic E-state index is 6.35. The van der Waals surface area contributed by atoms with Gasteiger partial charge in [-0.1, -0.05) is 23.8 Å². The SMILES string of the molecule is COc1cnccc1C(N)c1cc(C)ccc1C. The van der Waals surface area contributed by atoms with Gasteiger partial charge in [-0.15, -0.1) is 0 Å². The van der Waals surface area contributed by atoms with Crippen LogP contribution in [0.1, 0.15) is 28.3 Å². The third-order valence-electron chi connectivity index (χ3n) is 3.14. The average Bonchev–Trinajstić information content (AvgIpc) is 2.40. The molecule has 1 atom stereocenters. The fourth-order valence-electron chi connectivity index (χ4n) is 2.08. The lowest BCUT2D eigenvalue weighted by atomic mass is 9.94. The number of hydrogen-bond acceptors (Lipinski definition) is 3. The van der Waals surface area contributed by atoms with Crippen LogP contribution >= 0.6 is 0 Å². The van der Waals surface area contributed by atoms with Crippen LogP contribution in [0, 0.1) is 13.8 Å². The number of rotatable bonds is 3. The quantitative estimate of drug-likeness (QED) is 0.900. The Morgan fingerprint density at radius 2 is 1.94 bits per heavy atom.